The molecule has 0 aromatic rings. The predicted octanol–water partition coefficient (Wildman–Crippen LogP) is 2.86. The highest BCUT2D eigenvalue weighted by molar-refractivity contribution is 5.75. The molecule has 1 aliphatic carbocycles. The van der Waals surface area contributed by atoms with Gasteiger partial charge in [-0.15, -0.1) is 0 Å². The van der Waals surface area contributed by atoms with Crippen molar-refractivity contribution in [1.82, 2.24) is 9.80 Å². The third-order valence-corrected chi connectivity index (χ3v) is 3.98. The van der Waals surface area contributed by atoms with Gasteiger partial charge in [0.25, 0.3) is 0 Å². The summed E-state index contributed by atoms with van der Waals surface area (Å²) >= 11 is 0. The highest BCUT2D eigenvalue weighted by Crippen LogP contribution is 2.24. The van der Waals surface area contributed by atoms with Crippen LogP contribution in [0.2, 0.25) is 0 Å². The van der Waals surface area contributed by atoms with E-state index in [2.05, 4.69) is 11.8 Å². The Hall–Kier alpha value is -0.730. The lowest BCUT2D eigenvalue weighted by atomic mass is 9.94. The largest absolute Gasteiger partial charge is 0.325 e. The SMILES string of the molecule is CCN(C(=O)N1CCCC1)C1CCCCC1. The molecule has 16 heavy (non-hydrogen) atoms. The van der Waals surface area contributed by atoms with E-state index < -0.39 is 0 Å². The Morgan fingerprint density at radius 1 is 1.12 bits per heavy atom. The van der Waals surface area contributed by atoms with E-state index in [4.69, 9.17) is 0 Å². The molecule has 0 aromatic heterocycles. The summed E-state index contributed by atoms with van der Waals surface area (Å²) in [5.74, 6) is 0. The van der Waals surface area contributed by atoms with Crippen molar-refractivity contribution in [2.75, 3.05) is 19.6 Å². The topological polar surface area (TPSA) is 23.6 Å². The molecule has 2 rings (SSSR count). The maximum absolute atomic E-state index is 12.3. The lowest BCUT2D eigenvalue weighted by Crippen LogP contribution is -2.47. The third-order valence-electron chi connectivity index (χ3n) is 3.98. The van der Waals surface area contributed by atoms with E-state index in [1.807, 2.05) is 4.90 Å². The summed E-state index contributed by atoms with van der Waals surface area (Å²) in [5, 5.41) is 0. The molecule has 0 unspecified atom stereocenters. The summed E-state index contributed by atoms with van der Waals surface area (Å²) in [5.41, 5.74) is 0. The lowest BCUT2D eigenvalue weighted by Gasteiger charge is -2.36. The number of carbonyl (C=O) groups excluding carboxylic acids is 1. The zero-order valence-corrected chi connectivity index (χ0v) is 10.5. The molecular formula is C13H24N2O. The van der Waals surface area contributed by atoms with Gasteiger partial charge in [-0.1, -0.05) is 19.3 Å². The minimum atomic E-state index is 0.298. The number of nitrogens with zero attached hydrogens (tertiary/aromatic N) is 2. The van der Waals surface area contributed by atoms with Gasteiger partial charge >= 0.3 is 6.03 Å². The van der Waals surface area contributed by atoms with E-state index in [1.165, 1.54) is 44.9 Å². The third kappa shape index (κ3) is 2.50. The fraction of sp³-hybridized carbons (Fsp3) is 0.923. The van der Waals surface area contributed by atoms with Gasteiger partial charge < -0.3 is 9.80 Å². The van der Waals surface area contributed by atoms with Gasteiger partial charge in [-0.2, -0.15) is 0 Å². The van der Waals surface area contributed by atoms with Crippen LogP contribution < -0.4 is 0 Å². The minimum Gasteiger partial charge on any atom is -0.325 e. The van der Waals surface area contributed by atoms with Crippen LogP contribution >= 0.6 is 0 Å². The maximum Gasteiger partial charge on any atom is 0.320 e. The van der Waals surface area contributed by atoms with Crippen molar-refractivity contribution in [1.29, 1.82) is 0 Å². The first-order valence-electron chi connectivity index (χ1n) is 6.88. The Labute approximate surface area is 98.8 Å². The van der Waals surface area contributed by atoms with Gasteiger partial charge in [0, 0.05) is 25.7 Å². The Bertz CT molecular complexity index is 230. The number of hydrogen-bond donors (Lipinski definition) is 0. The van der Waals surface area contributed by atoms with Crippen LogP contribution in [-0.2, 0) is 0 Å². The van der Waals surface area contributed by atoms with Gasteiger partial charge in [-0.05, 0) is 32.6 Å². The number of hydrogen-bond acceptors (Lipinski definition) is 1. The van der Waals surface area contributed by atoms with Crippen LogP contribution in [0.15, 0.2) is 0 Å². The second-order valence-electron chi connectivity index (χ2n) is 5.05. The molecule has 1 saturated carbocycles. The maximum atomic E-state index is 12.3. The van der Waals surface area contributed by atoms with Crippen LogP contribution in [0.1, 0.15) is 51.9 Å². The quantitative estimate of drug-likeness (QED) is 0.707. The Morgan fingerprint density at radius 2 is 1.75 bits per heavy atom. The van der Waals surface area contributed by atoms with Crippen molar-refractivity contribution < 1.29 is 4.79 Å². The first-order chi connectivity index (χ1) is 7.83. The normalized spacial score (nSPS) is 22.4. The highest BCUT2D eigenvalue weighted by Gasteiger charge is 2.28. The monoisotopic (exact) mass is 224 g/mol. The second-order valence-corrected chi connectivity index (χ2v) is 5.05. The summed E-state index contributed by atoms with van der Waals surface area (Å²) in [6.07, 6.45) is 8.76. The van der Waals surface area contributed by atoms with Crippen LogP contribution in [0.25, 0.3) is 0 Å². The van der Waals surface area contributed by atoms with Gasteiger partial charge in [0.15, 0.2) is 0 Å². The molecule has 3 heteroatoms. The molecule has 0 spiro atoms. The summed E-state index contributed by atoms with van der Waals surface area (Å²) in [6.45, 7) is 4.94. The first-order valence-corrected chi connectivity index (χ1v) is 6.88. The van der Waals surface area contributed by atoms with E-state index in [1.54, 1.807) is 0 Å². The molecule has 92 valence electrons. The molecule has 0 aromatic carbocycles. The van der Waals surface area contributed by atoms with Crippen molar-refractivity contribution in [3.05, 3.63) is 0 Å². The van der Waals surface area contributed by atoms with Gasteiger partial charge in [-0.3, -0.25) is 0 Å². The van der Waals surface area contributed by atoms with E-state index in [0.717, 1.165) is 19.6 Å². The average molecular weight is 224 g/mol. The van der Waals surface area contributed by atoms with Gasteiger partial charge in [-0.25, -0.2) is 4.79 Å². The fourth-order valence-corrected chi connectivity index (χ4v) is 3.03. The van der Waals surface area contributed by atoms with E-state index in [0.29, 0.717) is 12.1 Å². The smallest absolute Gasteiger partial charge is 0.320 e. The van der Waals surface area contributed by atoms with Gasteiger partial charge in [0.1, 0.15) is 0 Å². The van der Waals surface area contributed by atoms with Crippen LogP contribution in [0.3, 0.4) is 0 Å². The number of urea groups is 1. The van der Waals surface area contributed by atoms with Crippen LogP contribution in [0.4, 0.5) is 4.79 Å². The molecule has 0 radical (unpaired) electrons. The molecule has 2 fully saturated rings. The summed E-state index contributed by atoms with van der Waals surface area (Å²) in [4.78, 5) is 16.5. The minimum absolute atomic E-state index is 0.298. The number of carbonyl (C=O) groups is 1. The van der Waals surface area contributed by atoms with Gasteiger partial charge in [0.05, 0.1) is 0 Å². The highest BCUT2D eigenvalue weighted by atomic mass is 16.2. The number of amides is 2. The molecule has 0 bridgehead atoms. The molecule has 0 atom stereocenters. The molecule has 3 nitrogen and oxygen atoms in total. The molecule has 1 saturated heterocycles. The van der Waals surface area contributed by atoms with E-state index in [-0.39, 0.29) is 0 Å². The van der Waals surface area contributed by atoms with Crippen molar-refractivity contribution in [2.45, 2.75) is 57.9 Å². The molecular weight excluding hydrogens is 200 g/mol. The van der Waals surface area contributed by atoms with Crippen LogP contribution in [0.5, 0.6) is 0 Å². The first kappa shape index (κ1) is 11.7. The second kappa shape index (κ2) is 5.55. The van der Waals surface area contributed by atoms with Crippen molar-refractivity contribution in [3.8, 4) is 0 Å². The number of likely N-dealkylation sites (tertiary alicyclic amines) is 1. The fourth-order valence-electron chi connectivity index (χ4n) is 3.03. The van der Waals surface area contributed by atoms with Crippen LogP contribution in [-0.4, -0.2) is 41.5 Å². The standard InChI is InChI=1S/C13H24N2O/c1-2-15(12-8-4-3-5-9-12)13(16)14-10-6-7-11-14/h12H,2-11H2,1H3. The van der Waals surface area contributed by atoms with Crippen molar-refractivity contribution in [2.24, 2.45) is 0 Å². The molecule has 1 aliphatic heterocycles. The molecule has 0 N–H and O–H groups in total. The summed E-state index contributed by atoms with van der Waals surface area (Å²) < 4.78 is 0. The van der Waals surface area contributed by atoms with Crippen LogP contribution in [0, 0.1) is 0 Å². The van der Waals surface area contributed by atoms with Gasteiger partial charge in [0.2, 0.25) is 0 Å². The Morgan fingerprint density at radius 3 is 2.31 bits per heavy atom. The Kier molecular flexibility index (Phi) is 4.08. The lowest BCUT2D eigenvalue weighted by molar-refractivity contribution is 0.130. The summed E-state index contributed by atoms with van der Waals surface area (Å²) in [6, 6.07) is 0.818. The summed E-state index contributed by atoms with van der Waals surface area (Å²) in [7, 11) is 0. The molecule has 2 amide bonds. The Balaban J connectivity index is 1.94. The molecule has 1 heterocycles. The van der Waals surface area contributed by atoms with Crippen molar-refractivity contribution >= 4 is 6.03 Å². The number of rotatable bonds is 2. The van der Waals surface area contributed by atoms with Crippen molar-refractivity contribution in [3.63, 3.8) is 0 Å². The van der Waals surface area contributed by atoms with E-state index in [9.17, 15) is 4.79 Å². The van der Waals surface area contributed by atoms with E-state index >= 15 is 0 Å². The zero-order valence-electron chi connectivity index (χ0n) is 10.5. The predicted molar refractivity (Wildman–Crippen MR) is 65.5 cm³/mol. The average Bonchev–Trinajstić information content (AvgIpc) is 2.85. The zero-order chi connectivity index (χ0) is 11.4. The molecule has 2 aliphatic rings.